The zero-order valence-electron chi connectivity index (χ0n) is 15.9. The first-order valence-corrected chi connectivity index (χ1v) is 11.5. The van der Waals surface area contributed by atoms with E-state index in [1.807, 2.05) is 0 Å². The van der Waals surface area contributed by atoms with E-state index >= 15 is 0 Å². The van der Waals surface area contributed by atoms with Crippen molar-refractivity contribution < 1.29 is 17.6 Å². The molecule has 0 atom stereocenters. The Morgan fingerprint density at radius 2 is 1.89 bits per heavy atom. The predicted molar refractivity (Wildman–Crippen MR) is 103 cm³/mol. The number of nitrogens with zero attached hydrogens (tertiary/aromatic N) is 4. The van der Waals surface area contributed by atoms with E-state index in [0.717, 1.165) is 25.9 Å². The number of rotatable bonds is 4. The van der Waals surface area contributed by atoms with E-state index in [1.54, 1.807) is 17.0 Å². The van der Waals surface area contributed by atoms with Crippen LogP contribution in [0.2, 0.25) is 0 Å². The topological polar surface area (TPSA) is 96.6 Å². The van der Waals surface area contributed by atoms with Crippen molar-refractivity contribution in [3.63, 3.8) is 0 Å². The number of amides is 1. The SMILES string of the molecule is CS(=O)(=O)c1cnc(N2CCCC2)nc1C1CCN(C(=O)c2ccco2)CC1. The molecule has 4 rings (SSSR count). The average Bonchev–Trinajstić information content (AvgIpc) is 3.40. The number of anilines is 1. The molecule has 2 aromatic rings. The molecule has 2 aliphatic rings. The van der Waals surface area contributed by atoms with Crippen LogP contribution in [-0.2, 0) is 9.84 Å². The van der Waals surface area contributed by atoms with Crippen molar-refractivity contribution in [2.45, 2.75) is 36.5 Å². The number of sulfone groups is 1. The molecule has 0 spiro atoms. The number of hydrogen-bond donors (Lipinski definition) is 0. The zero-order valence-corrected chi connectivity index (χ0v) is 16.7. The van der Waals surface area contributed by atoms with Gasteiger partial charge in [-0.2, -0.15) is 0 Å². The van der Waals surface area contributed by atoms with Crippen LogP contribution in [0.1, 0.15) is 47.8 Å². The van der Waals surface area contributed by atoms with Gasteiger partial charge in [0.2, 0.25) is 5.95 Å². The lowest BCUT2D eigenvalue weighted by atomic mass is 9.93. The van der Waals surface area contributed by atoms with Crippen LogP contribution in [-0.4, -0.2) is 61.6 Å². The van der Waals surface area contributed by atoms with Crippen LogP contribution in [0.5, 0.6) is 0 Å². The van der Waals surface area contributed by atoms with Gasteiger partial charge in [-0.1, -0.05) is 0 Å². The molecule has 0 bridgehead atoms. The summed E-state index contributed by atoms with van der Waals surface area (Å²) in [5.41, 5.74) is 0.587. The molecule has 0 saturated carbocycles. The summed E-state index contributed by atoms with van der Waals surface area (Å²) in [7, 11) is -3.43. The van der Waals surface area contributed by atoms with Crippen LogP contribution in [0.25, 0.3) is 0 Å². The minimum atomic E-state index is -3.43. The van der Waals surface area contributed by atoms with Crippen molar-refractivity contribution in [3.8, 4) is 0 Å². The molecule has 0 N–H and O–H groups in total. The Labute approximate surface area is 164 Å². The van der Waals surface area contributed by atoms with Crippen LogP contribution >= 0.6 is 0 Å². The molecular weight excluding hydrogens is 380 g/mol. The summed E-state index contributed by atoms with van der Waals surface area (Å²) in [5, 5.41) is 0. The Balaban J connectivity index is 1.56. The average molecular weight is 404 g/mol. The van der Waals surface area contributed by atoms with Gasteiger partial charge in [0.25, 0.3) is 5.91 Å². The largest absolute Gasteiger partial charge is 0.459 e. The fraction of sp³-hybridized carbons (Fsp3) is 0.526. The summed E-state index contributed by atoms with van der Waals surface area (Å²) >= 11 is 0. The summed E-state index contributed by atoms with van der Waals surface area (Å²) < 4.78 is 29.8. The third kappa shape index (κ3) is 3.76. The minimum absolute atomic E-state index is 0.0188. The number of furan rings is 1. The van der Waals surface area contributed by atoms with Gasteiger partial charge in [-0.25, -0.2) is 18.4 Å². The van der Waals surface area contributed by atoms with Crippen molar-refractivity contribution in [1.82, 2.24) is 14.9 Å². The fourth-order valence-electron chi connectivity index (χ4n) is 3.93. The van der Waals surface area contributed by atoms with Crippen LogP contribution in [0.4, 0.5) is 5.95 Å². The highest BCUT2D eigenvalue weighted by Crippen LogP contribution is 2.33. The van der Waals surface area contributed by atoms with Crippen molar-refractivity contribution in [2.75, 3.05) is 37.3 Å². The standard InChI is InChI=1S/C19H24N4O4S/c1-28(25,26)16-13-20-19(23-8-2-3-9-23)21-17(16)14-6-10-22(11-7-14)18(24)15-5-4-12-27-15/h4-5,12-14H,2-3,6-11H2,1H3. The second-order valence-corrected chi connectivity index (χ2v) is 9.41. The first kappa shape index (κ1) is 18.9. The molecule has 9 heteroatoms. The highest BCUT2D eigenvalue weighted by molar-refractivity contribution is 7.90. The fourth-order valence-corrected chi connectivity index (χ4v) is 4.77. The normalized spacial score (nSPS) is 18.6. The molecule has 0 aromatic carbocycles. The quantitative estimate of drug-likeness (QED) is 0.770. The Hall–Kier alpha value is -2.42. The van der Waals surface area contributed by atoms with Crippen LogP contribution in [0.15, 0.2) is 33.9 Å². The molecule has 2 aromatic heterocycles. The van der Waals surface area contributed by atoms with E-state index in [4.69, 9.17) is 4.42 Å². The number of aromatic nitrogens is 2. The second kappa shape index (κ2) is 7.54. The van der Waals surface area contributed by atoms with Gasteiger partial charge in [0.15, 0.2) is 15.6 Å². The zero-order chi connectivity index (χ0) is 19.7. The lowest BCUT2D eigenvalue weighted by molar-refractivity contribution is 0.0679. The first-order valence-electron chi connectivity index (χ1n) is 9.58. The molecule has 4 heterocycles. The summed E-state index contributed by atoms with van der Waals surface area (Å²) in [6, 6.07) is 3.35. The summed E-state index contributed by atoms with van der Waals surface area (Å²) in [6.07, 6.45) is 7.64. The lowest BCUT2D eigenvalue weighted by Crippen LogP contribution is -2.38. The maximum Gasteiger partial charge on any atom is 0.289 e. The predicted octanol–water partition coefficient (Wildman–Crippen LogP) is 2.09. The highest BCUT2D eigenvalue weighted by atomic mass is 32.2. The second-order valence-electron chi connectivity index (χ2n) is 7.43. The molecule has 0 aliphatic carbocycles. The number of hydrogen-bond acceptors (Lipinski definition) is 7. The van der Waals surface area contributed by atoms with Gasteiger partial charge < -0.3 is 14.2 Å². The molecule has 150 valence electrons. The van der Waals surface area contributed by atoms with Crippen LogP contribution in [0.3, 0.4) is 0 Å². The lowest BCUT2D eigenvalue weighted by Gasteiger charge is -2.32. The van der Waals surface area contributed by atoms with Crippen molar-refractivity contribution >= 4 is 21.7 Å². The number of carbonyl (C=O) groups excluding carboxylic acids is 1. The van der Waals surface area contributed by atoms with Crippen LogP contribution in [0, 0.1) is 0 Å². The Morgan fingerprint density at radius 3 is 2.50 bits per heavy atom. The van der Waals surface area contributed by atoms with E-state index in [1.165, 1.54) is 18.7 Å². The molecule has 2 fully saturated rings. The van der Waals surface area contributed by atoms with Gasteiger partial charge in [-0.15, -0.1) is 0 Å². The summed E-state index contributed by atoms with van der Waals surface area (Å²) in [6.45, 7) is 2.87. The molecular formula is C19H24N4O4S. The monoisotopic (exact) mass is 404 g/mol. The van der Waals surface area contributed by atoms with Gasteiger partial charge in [0.05, 0.1) is 18.2 Å². The maximum absolute atomic E-state index is 12.5. The van der Waals surface area contributed by atoms with E-state index in [2.05, 4.69) is 14.9 Å². The van der Waals surface area contributed by atoms with Gasteiger partial charge in [0.1, 0.15) is 4.90 Å². The minimum Gasteiger partial charge on any atom is -0.459 e. The summed E-state index contributed by atoms with van der Waals surface area (Å²) in [5.74, 6) is 0.782. The van der Waals surface area contributed by atoms with Crippen LogP contribution < -0.4 is 4.90 Å². The van der Waals surface area contributed by atoms with E-state index in [0.29, 0.717) is 43.3 Å². The smallest absolute Gasteiger partial charge is 0.289 e. The van der Waals surface area contributed by atoms with Gasteiger partial charge in [-0.3, -0.25) is 4.79 Å². The Bertz CT molecular complexity index is 944. The highest BCUT2D eigenvalue weighted by Gasteiger charge is 2.31. The molecule has 0 radical (unpaired) electrons. The molecule has 2 aliphatic heterocycles. The van der Waals surface area contributed by atoms with Gasteiger partial charge >= 0.3 is 0 Å². The van der Waals surface area contributed by atoms with Gasteiger partial charge in [0, 0.05) is 38.4 Å². The molecule has 0 unspecified atom stereocenters. The maximum atomic E-state index is 12.5. The molecule has 2 saturated heterocycles. The van der Waals surface area contributed by atoms with Crippen molar-refractivity contribution in [2.24, 2.45) is 0 Å². The van der Waals surface area contributed by atoms with E-state index in [-0.39, 0.29) is 16.7 Å². The number of likely N-dealkylation sites (tertiary alicyclic amines) is 1. The third-order valence-corrected chi connectivity index (χ3v) is 6.57. The van der Waals surface area contributed by atoms with Crippen molar-refractivity contribution in [3.05, 3.63) is 36.0 Å². The molecule has 28 heavy (non-hydrogen) atoms. The van der Waals surface area contributed by atoms with E-state index < -0.39 is 9.84 Å². The Morgan fingerprint density at radius 1 is 1.18 bits per heavy atom. The summed E-state index contributed by atoms with van der Waals surface area (Å²) in [4.78, 5) is 25.5. The van der Waals surface area contributed by atoms with Gasteiger partial charge in [-0.05, 0) is 37.8 Å². The Kier molecular flexibility index (Phi) is 5.09. The third-order valence-electron chi connectivity index (χ3n) is 5.46. The number of carbonyl (C=O) groups is 1. The molecule has 8 nitrogen and oxygen atoms in total. The number of piperidine rings is 1. The van der Waals surface area contributed by atoms with E-state index in [9.17, 15) is 13.2 Å². The molecule has 1 amide bonds. The first-order chi connectivity index (χ1) is 13.4. The van der Waals surface area contributed by atoms with Crippen molar-refractivity contribution in [1.29, 1.82) is 0 Å².